The van der Waals surface area contributed by atoms with E-state index in [0.717, 1.165) is 23.8 Å². The summed E-state index contributed by atoms with van der Waals surface area (Å²) in [5.41, 5.74) is -0.251. The van der Waals surface area contributed by atoms with E-state index in [1.54, 1.807) is 19.1 Å². The van der Waals surface area contributed by atoms with Gasteiger partial charge in [0, 0.05) is 6.20 Å². The van der Waals surface area contributed by atoms with Crippen LogP contribution < -0.4 is 10.0 Å². The van der Waals surface area contributed by atoms with E-state index in [2.05, 4.69) is 10.3 Å². The van der Waals surface area contributed by atoms with E-state index in [4.69, 9.17) is 0 Å². The smallest absolute Gasteiger partial charge is 0.310 e. The Balaban J connectivity index is 2.05. The summed E-state index contributed by atoms with van der Waals surface area (Å²) in [5, 5.41) is 2.39. The molecule has 1 heterocycles. The fraction of sp³-hybridized carbons (Fsp3) is 0.200. The van der Waals surface area contributed by atoms with Gasteiger partial charge in [-0.05, 0) is 42.8 Å². The third-order valence-corrected chi connectivity index (χ3v) is 4.48. The van der Waals surface area contributed by atoms with Gasteiger partial charge in [-0.1, -0.05) is 6.07 Å². The van der Waals surface area contributed by atoms with E-state index < -0.39 is 39.1 Å². The monoisotopic (exact) mass is 373 g/mol. The van der Waals surface area contributed by atoms with Crippen molar-refractivity contribution < 1.29 is 26.4 Å². The molecule has 1 aromatic carbocycles. The predicted octanol–water partition coefficient (Wildman–Crippen LogP) is 2.33. The number of amides is 1. The topological polar surface area (TPSA) is 88.2 Å². The van der Waals surface area contributed by atoms with Crippen LogP contribution in [0.1, 0.15) is 11.1 Å². The zero-order valence-corrected chi connectivity index (χ0v) is 13.8. The molecule has 0 spiro atoms. The van der Waals surface area contributed by atoms with Crippen LogP contribution in [-0.4, -0.2) is 25.9 Å². The predicted molar refractivity (Wildman–Crippen MR) is 84.2 cm³/mol. The molecule has 0 atom stereocenters. The van der Waals surface area contributed by atoms with Crippen molar-refractivity contribution >= 4 is 21.7 Å². The number of sulfonamides is 1. The Morgan fingerprint density at radius 3 is 2.56 bits per heavy atom. The fourth-order valence-electron chi connectivity index (χ4n) is 1.88. The number of carbonyl (C=O) groups excluding carboxylic acids is 1. The molecule has 25 heavy (non-hydrogen) atoms. The third-order valence-electron chi connectivity index (χ3n) is 3.08. The lowest BCUT2D eigenvalue weighted by molar-refractivity contribution is -0.137. The van der Waals surface area contributed by atoms with Crippen LogP contribution in [0.3, 0.4) is 0 Å². The van der Waals surface area contributed by atoms with E-state index in [9.17, 15) is 26.4 Å². The lowest BCUT2D eigenvalue weighted by Crippen LogP contribution is -2.33. The average Bonchev–Trinajstić information content (AvgIpc) is 2.52. The van der Waals surface area contributed by atoms with Gasteiger partial charge in [-0.15, -0.1) is 0 Å². The van der Waals surface area contributed by atoms with Crippen LogP contribution in [0.25, 0.3) is 0 Å². The number of halogens is 3. The van der Waals surface area contributed by atoms with Crippen molar-refractivity contribution in [3.05, 3.63) is 53.7 Å². The summed E-state index contributed by atoms with van der Waals surface area (Å²) in [4.78, 5) is 15.1. The molecule has 0 aliphatic carbocycles. The highest BCUT2D eigenvalue weighted by Gasteiger charge is 2.31. The summed E-state index contributed by atoms with van der Waals surface area (Å²) in [6, 6.07) is 6.55. The van der Waals surface area contributed by atoms with Crippen LogP contribution >= 0.6 is 0 Å². The van der Waals surface area contributed by atoms with Crippen molar-refractivity contribution in [2.75, 3.05) is 11.9 Å². The first kappa shape index (κ1) is 18.9. The van der Waals surface area contributed by atoms with Gasteiger partial charge in [0.1, 0.15) is 5.82 Å². The van der Waals surface area contributed by atoms with Gasteiger partial charge in [0.05, 0.1) is 17.0 Å². The molecule has 10 heteroatoms. The molecular formula is C15H14F3N3O3S. The number of anilines is 1. The van der Waals surface area contributed by atoms with Crippen LogP contribution in [-0.2, 0) is 21.0 Å². The highest BCUT2D eigenvalue weighted by molar-refractivity contribution is 7.89. The number of hydrogen-bond acceptors (Lipinski definition) is 4. The van der Waals surface area contributed by atoms with Gasteiger partial charge in [-0.25, -0.2) is 18.1 Å². The summed E-state index contributed by atoms with van der Waals surface area (Å²) < 4.78 is 64.0. The Hall–Kier alpha value is -2.46. The van der Waals surface area contributed by atoms with Crippen LogP contribution in [0.2, 0.25) is 0 Å². The van der Waals surface area contributed by atoms with Gasteiger partial charge >= 0.3 is 6.18 Å². The normalized spacial score (nSPS) is 12.0. The molecule has 0 saturated heterocycles. The van der Waals surface area contributed by atoms with E-state index in [0.29, 0.717) is 6.07 Å². The highest BCUT2D eigenvalue weighted by atomic mass is 32.2. The number of rotatable bonds is 5. The number of nitrogens with one attached hydrogen (secondary N) is 2. The maximum Gasteiger partial charge on any atom is 0.416 e. The zero-order valence-electron chi connectivity index (χ0n) is 13.0. The molecule has 1 amide bonds. The van der Waals surface area contributed by atoms with Crippen molar-refractivity contribution in [1.82, 2.24) is 9.71 Å². The molecule has 0 aliphatic rings. The summed E-state index contributed by atoms with van der Waals surface area (Å²) in [6.45, 7) is 1.14. The third kappa shape index (κ3) is 5.26. The highest BCUT2D eigenvalue weighted by Crippen LogP contribution is 2.30. The van der Waals surface area contributed by atoms with Gasteiger partial charge in [0.2, 0.25) is 15.9 Å². The zero-order chi connectivity index (χ0) is 18.7. The van der Waals surface area contributed by atoms with Crippen LogP contribution in [0, 0.1) is 6.92 Å². The number of pyridine rings is 1. The molecule has 0 aliphatic heterocycles. The number of carbonyl (C=O) groups is 1. The Morgan fingerprint density at radius 1 is 1.20 bits per heavy atom. The lowest BCUT2D eigenvalue weighted by Gasteiger charge is -2.10. The Bertz CT molecular complexity index is 883. The minimum absolute atomic E-state index is 0.239. The van der Waals surface area contributed by atoms with Crippen LogP contribution in [0.15, 0.2) is 47.5 Å². The van der Waals surface area contributed by atoms with Gasteiger partial charge in [0.15, 0.2) is 0 Å². The fourth-order valence-corrected chi connectivity index (χ4v) is 2.90. The summed E-state index contributed by atoms with van der Waals surface area (Å²) in [7, 11) is -4.27. The summed E-state index contributed by atoms with van der Waals surface area (Å²) in [6.07, 6.45) is -3.20. The average molecular weight is 373 g/mol. The van der Waals surface area contributed by atoms with Crippen molar-refractivity contribution in [3.8, 4) is 0 Å². The summed E-state index contributed by atoms with van der Waals surface area (Å²) in [5.74, 6) is -0.461. The molecule has 2 aromatic rings. The number of alkyl halides is 3. The van der Waals surface area contributed by atoms with E-state index in [1.807, 2.05) is 4.72 Å². The molecule has 0 radical (unpaired) electrons. The molecule has 0 unspecified atom stereocenters. The molecule has 2 N–H and O–H groups in total. The number of benzene rings is 1. The molecule has 1 aromatic heterocycles. The van der Waals surface area contributed by atoms with Crippen LogP contribution in [0.4, 0.5) is 19.0 Å². The lowest BCUT2D eigenvalue weighted by atomic mass is 10.2. The van der Waals surface area contributed by atoms with Gasteiger partial charge in [0.25, 0.3) is 0 Å². The number of hydrogen-bond donors (Lipinski definition) is 2. The van der Waals surface area contributed by atoms with E-state index in [-0.39, 0.29) is 5.82 Å². The molecule has 0 saturated carbocycles. The standard InChI is InChI=1S/C15H14F3N3O3S/c1-10-5-6-19-13(7-10)21-14(22)9-20-25(23,24)12-4-2-3-11(8-12)15(16,17)18/h2-8,20H,9H2,1H3,(H,19,21,22). The largest absolute Gasteiger partial charge is 0.416 e. The van der Waals surface area contributed by atoms with E-state index in [1.165, 1.54) is 6.20 Å². The minimum Gasteiger partial charge on any atom is -0.310 e. The number of aryl methyl sites for hydroxylation is 1. The molecule has 134 valence electrons. The summed E-state index contributed by atoms with van der Waals surface area (Å²) >= 11 is 0. The van der Waals surface area contributed by atoms with E-state index >= 15 is 0 Å². The van der Waals surface area contributed by atoms with Gasteiger partial charge in [-0.2, -0.15) is 13.2 Å². The van der Waals surface area contributed by atoms with Crippen molar-refractivity contribution in [1.29, 1.82) is 0 Å². The van der Waals surface area contributed by atoms with Crippen molar-refractivity contribution in [2.24, 2.45) is 0 Å². The number of nitrogens with zero attached hydrogens (tertiary/aromatic N) is 1. The molecule has 0 bridgehead atoms. The van der Waals surface area contributed by atoms with Crippen molar-refractivity contribution in [2.45, 2.75) is 18.0 Å². The SMILES string of the molecule is Cc1ccnc(NC(=O)CNS(=O)(=O)c2cccc(C(F)(F)F)c2)c1. The van der Waals surface area contributed by atoms with Crippen molar-refractivity contribution in [3.63, 3.8) is 0 Å². The Morgan fingerprint density at radius 2 is 1.92 bits per heavy atom. The second-order valence-electron chi connectivity index (χ2n) is 5.12. The maximum atomic E-state index is 12.7. The second kappa shape index (κ2) is 7.19. The first-order valence-corrected chi connectivity index (χ1v) is 8.46. The minimum atomic E-state index is -4.67. The van der Waals surface area contributed by atoms with Crippen LogP contribution in [0.5, 0.6) is 0 Å². The number of aromatic nitrogens is 1. The first-order valence-electron chi connectivity index (χ1n) is 6.97. The molecular weight excluding hydrogens is 359 g/mol. The first-order chi connectivity index (χ1) is 11.6. The van der Waals surface area contributed by atoms with Gasteiger partial charge < -0.3 is 5.32 Å². The maximum absolute atomic E-state index is 12.7. The molecule has 0 fully saturated rings. The van der Waals surface area contributed by atoms with Gasteiger partial charge in [-0.3, -0.25) is 4.79 Å². The quantitative estimate of drug-likeness (QED) is 0.842. The molecule has 2 rings (SSSR count). The second-order valence-corrected chi connectivity index (χ2v) is 6.88. The Kier molecular flexibility index (Phi) is 5.43. The molecule has 6 nitrogen and oxygen atoms in total. The Labute approximate surface area is 142 Å².